The maximum atomic E-state index is 6.31. The normalized spacial score (nSPS) is 15.1. The second-order valence-electron chi connectivity index (χ2n) is 4.68. The molecule has 1 saturated carbocycles. The van der Waals surface area contributed by atoms with Crippen molar-refractivity contribution in [2.24, 2.45) is 0 Å². The minimum atomic E-state index is 0.631. The highest BCUT2D eigenvalue weighted by Crippen LogP contribution is 2.42. The van der Waals surface area contributed by atoms with Crippen molar-refractivity contribution in [1.82, 2.24) is 4.98 Å². The molecule has 1 aromatic carbocycles. The van der Waals surface area contributed by atoms with E-state index in [0.29, 0.717) is 10.9 Å². The molecule has 1 heterocycles. The van der Waals surface area contributed by atoms with Crippen LogP contribution in [-0.4, -0.2) is 11.5 Å². The Kier molecular flexibility index (Phi) is 3.20. The van der Waals surface area contributed by atoms with Gasteiger partial charge in [0.1, 0.15) is 0 Å². The highest BCUT2D eigenvalue weighted by atomic mass is 79.9. The summed E-state index contributed by atoms with van der Waals surface area (Å²) in [6.45, 7) is 3.00. The van der Waals surface area contributed by atoms with Gasteiger partial charge >= 0.3 is 0 Å². The van der Waals surface area contributed by atoms with Gasteiger partial charge in [-0.3, -0.25) is 4.98 Å². The third-order valence-electron chi connectivity index (χ3n) is 3.21. The Morgan fingerprint density at radius 1 is 1.39 bits per heavy atom. The SMILES string of the molecule is CCNc1cc(C2CC2)nc2c(Cl)cc(Br)cc12. The first kappa shape index (κ1) is 12.2. The second-order valence-corrected chi connectivity index (χ2v) is 6.01. The van der Waals surface area contributed by atoms with Crippen LogP contribution in [0.5, 0.6) is 0 Å². The summed E-state index contributed by atoms with van der Waals surface area (Å²) in [5.41, 5.74) is 3.20. The molecule has 2 nitrogen and oxygen atoms in total. The fraction of sp³-hybridized carbons (Fsp3) is 0.357. The van der Waals surface area contributed by atoms with E-state index in [-0.39, 0.29) is 0 Å². The Hall–Kier alpha value is -0.800. The van der Waals surface area contributed by atoms with E-state index in [1.165, 1.54) is 18.5 Å². The van der Waals surface area contributed by atoms with Gasteiger partial charge in [0.15, 0.2) is 0 Å². The zero-order valence-electron chi connectivity index (χ0n) is 10.1. The maximum absolute atomic E-state index is 6.31. The molecule has 4 heteroatoms. The van der Waals surface area contributed by atoms with Crippen molar-refractivity contribution in [1.29, 1.82) is 0 Å². The van der Waals surface area contributed by atoms with Crippen molar-refractivity contribution in [2.75, 3.05) is 11.9 Å². The highest BCUT2D eigenvalue weighted by Gasteiger charge is 2.26. The van der Waals surface area contributed by atoms with E-state index >= 15 is 0 Å². The fourth-order valence-electron chi connectivity index (χ4n) is 2.20. The van der Waals surface area contributed by atoms with E-state index < -0.39 is 0 Å². The Morgan fingerprint density at radius 2 is 2.17 bits per heavy atom. The van der Waals surface area contributed by atoms with Gasteiger partial charge in [0.05, 0.1) is 10.5 Å². The van der Waals surface area contributed by atoms with Gasteiger partial charge in [-0.05, 0) is 38.0 Å². The molecule has 1 N–H and O–H groups in total. The van der Waals surface area contributed by atoms with Gasteiger partial charge in [-0.25, -0.2) is 0 Å². The highest BCUT2D eigenvalue weighted by molar-refractivity contribution is 9.10. The molecule has 0 aliphatic heterocycles. The number of benzene rings is 1. The summed E-state index contributed by atoms with van der Waals surface area (Å²) in [5.74, 6) is 0.631. The van der Waals surface area contributed by atoms with E-state index in [1.54, 1.807) is 0 Å². The van der Waals surface area contributed by atoms with Gasteiger partial charge < -0.3 is 5.32 Å². The predicted octanol–water partition coefficient (Wildman–Crippen LogP) is 4.96. The maximum Gasteiger partial charge on any atom is 0.0913 e. The lowest BCUT2D eigenvalue weighted by molar-refractivity contribution is 1.04. The van der Waals surface area contributed by atoms with Crippen molar-refractivity contribution in [3.8, 4) is 0 Å². The number of anilines is 1. The molecule has 1 aromatic heterocycles. The molecule has 0 unspecified atom stereocenters. The molecule has 1 aliphatic carbocycles. The molecule has 0 atom stereocenters. The van der Waals surface area contributed by atoms with Crippen molar-refractivity contribution < 1.29 is 0 Å². The van der Waals surface area contributed by atoms with Crippen LogP contribution in [0.2, 0.25) is 5.02 Å². The second kappa shape index (κ2) is 4.71. The molecular weight excluding hydrogens is 312 g/mol. The van der Waals surface area contributed by atoms with Crippen LogP contribution < -0.4 is 5.32 Å². The van der Waals surface area contributed by atoms with Crippen LogP contribution in [0.15, 0.2) is 22.7 Å². The van der Waals surface area contributed by atoms with Crippen LogP contribution in [0.3, 0.4) is 0 Å². The lowest BCUT2D eigenvalue weighted by Crippen LogP contribution is -2.00. The summed E-state index contributed by atoms with van der Waals surface area (Å²) in [5, 5.41) is 5.20. The molecule has 94 valence electrons. The smallest absolute Gasteiger partial charge is 0.0913 e. The Labute approximate surface area is 120 Å². The summed E-state index contributed by atoms with van der Waals surface area (Å²) in [7, 11) is 0. The summed E-state index contributed by atoms with van der Waals surface area (Å²) in [6.07, 6.45) is 2.50. The lowest BCUT2D eigenvalue weighted by atomic mass is 10.1. The topological polar surface area (TPSA) is 24.9 Å². The van der Waals surface area contributed by atoms with E-state index in [0.717, 1.165) is 27.6 Å². The molecule has 0 bridgehead atoms. The van der Waals surface area contributed by atoms with Gasteiger partial charge in [0.25, 0.3) is 0 Å². The quantitative estimate of drug-likeness (QED) is 0.862. The minimum absolute atomic E-state index is 0.631. The first-order valence-electron chi connectivity index (χ1n) is 6.22. The first-order chi connectivity index (χ1) is 8.69. The number of nitrogens with one attached hydrogen (secondary N) is 1. The lowest BCUT2D eigenvalue weighted by Gasteiger charge is -2.12. The van der Waals surface area contributed by atoms with Gasteiger partial charge in [0.2, 0.25) is 0 Å². The average Bonchev–Trinajstić information content (AvgIpc) is 3.14. The standard InChI is InChI=1S/C14H14BrClN2/c1-2-17-13-7-12(8-3-4-8)18-14-10(13)5-9(15)6-11(14)16/h5-8H,2-4H2,1H3,(H,17,18). The Morgan fingerprint density at radius 3 is 2.83 bits per heavy atom. The van der Waals surface area contributed by atoms with Gasteiger partial charge in [-0.2, -0.15) is 0 Å². The molecule has 0 radical (unpaired) electrons. The molecule has 2 aromatic rings. The largest absolute Gasteiger partial charge is 0.385 e. The number of aromatic nitrogens is 1. The monoisotopic (exact) mass is 324 g/mol. The van der Waals surface area contributed by atoms with Crippen molar-refractivity contribution >= 4 is 44.1 Å². The number of hydrogen-bond donors (Lipinski definition) is 1. The number of halogens is 2. The molecular formula is C14H14BrClN2. The van der Waals surface area contributed by atoms with Crippen LogP contribution in [0.25, 0.3) is 10.9 Å². The van der Waals surface area contributed by atoms with Crippen molar-refractivity contribution in [2.45, 2.75) is 25.7 Å². The Bertz CT molecular complexity index is 608. The molecule has 1 fully saturated rings. The molecule has 0 saturated heterocycles. The molecule has 18 heavy (non-hydrogen) atoms. The van der Waals surface area contributed by atoms with Crippen LogP contribution in [-0.2, 0) is 0 Å². The number of fused-ring (bicyclic) bond motifs is 1. The number of rotatable bonds is 3. The first-order valence-corrected chi connectivity index (χ1v) is 7.39. The minimum Gasteiger partial charge on any atom is -0.385 e. The number of nitrogens with zero attached hydrogens (tertiary/aromatic N) is 1. The van der Waals surface area contributed by atoms with Gasteiger partial charge in [-0.15, -0.1) is 0 Å². The van der Waals surface area contributed by atoms with E-state index in [1.807, 2.05) is 6.07 Å². The van der Waals surface area contributed by atoms with Crippen LogP contribution in [0.4, 0.5) is 5.69 Å². The summed E-state index contributed by atoms with van der Waals surface area (Å²) >= 11 is 9.80. The summed E-state index contributed by atoms with van der Waals surface area (Å²) in [6, 6.07) is 6.15. The van der Waals surface area contributed by atoms with Crippen LogP contribution in [0.1, 0.15) is 31.4 Å². The zero-order valence-corrected chi connectivity index (χ0v) is 12.5. The third kappa shape index (κ3) is 2.21. The van der Waals surface area contributed by atoms with Crippen LogP contribution in [0, 0.1) is 0 Å². The summed E-state index contributed by atoms with van der Waals surface area (Å²) in [4.78, 5) is 4.73. The molecule has 0 amide bonds. The van der Waals surface area contributed by atoms with E-state index in [9.17, 15) is 0 Å². The Balaban J connectivity index is 2.26. The van der Waals surface area contributed by atoms with Crippen molar-refractivity contribution in [3.05, 3.63) is 33.4 Å². The fourth-order valence-corrected chi connectivity index (χ4v) is 3.05. The van der Waals surface area contributed by atoms with Crippen molar-refractivity contribution in [3.63, 3.8) is 0 Å². The molecule has 3 rings (SSSR count). The summed E-state index contributed by atoms with van der Waals surface area (Å²) < 4.78 is 0.986. The van der Waals surface area contributed by atoms with E-state index in [2.05, 4.69) is 40.3 Å². The number of hydrogen-bond acceptors (Lipinski definition) is 2. The molecule has 1 aliphatic rings. The van der Waals surface area contributed by atoms with Gasteiger partial charge in [0, 0.05) is 33.7 Å². The van der Waals surface area contributed by atoms with E-state index in [4.69, 9.17) is 16.6 Å². The third-order valence-corrected chi connectivity index (χ3v) is 3.96. The zero-order chi connectivity index (χ0) is 12.7. The number of pyridine rings is 1. The van der Waals surface area contributed by atoms with Crippen LogP contribution >= 0.6 is 27.5 Å². The average molecular weight is 326 g/mol. The molecule has 0 spiro atoms. The predicted molar refractivity (Wildman–Crippen MR) is 80.6 cm³/mol. The van der Waals surface area contributed by atoms with Gasteiger partial charge in [-0.1, -0.05) is 27.5 Å².